The third-order valence-corrected chi connectivity index (χ3v) is 5.13. The Labute approximate surface area is 205 Å². The van der Waals surface area contributed by atoms with Crippen molar-refractivity contribution in [2.75, 3.05) is 30.4 Å². The van der Waals surface area contributed by atoms with Crippen LogP contribution in [0, 0.1) is 0 Å². The molecule has 1 aromatic heterocycles. The molecule has 36 heavy (non-hydrogen) atoms. The Bertz CT molecular complexity index is 1160. The molecule has 0 spiro atoms. The van der Waals surface area contributed by atoms with Gasteiger partial charge in [0.2, 0.25) is 11.9 Å². The lowest BCUT2D eigenvalue weighted by atomic mass is 10.2. The quantitative estimate of drug-likeness (QED) is 0.471. The average Bonchev–Trinajstić information content (AvgIpc) is 2.86. The Morgan fingerprint density at radius 3 is 2.39 bits per heavy atom. The molecule has 3 aromatic rings. The Morgan fingerprint density at radius 1 is 0.889 bits per heavy atom. The molecule has 4 aliphatic rings. The molecule has 190 valence electrons. The van der Waals surface area contributed by atoms with E-state index in [0.717, 1.165) is 30.6 Å². The first-order valence-corrected chi connectivity index (χ1v) is 11.4. The van der Waals surface area contributed by atoms with Crippen LogP contribution in [0.2, 0.25) is 0 Å². The van der Waals surface area contributed by atoms with Gasteiger partial charge in [-0.25, -0.2) is 0 Å². The summed E-state index contributed by atoms with van der Waals surface area (Å²) in [6, 6.07) is 13.5. The van der Waals surface area contributed by atoms with Crippen molar-refractivity contribution < 1.29 is 27.4 Å². The van der Waals surface area contributed by atoms with E-state index in [2.05, 4.69) is 30.9 Å². The monoisotopic (exact) mass is 502 g/mol. The van der Waals surface area contributed by atoms with E-state index in [1.54, 1.807) is 24.3 Å². The minimum absolute atomic E-state index is 0.0206. The highest BCUT2D eigenvalue weighted by Gasteiger charge is 2.29. The Balaban J connectivity index is 1.57. The number of carbonyl (C=O) groups is 1. The second kappa shape index (κ2) is 11.6. The number of hydrogen-bond donors (Lipinski definition) is 3. The maximum Gasteiger partial charge on any atom is 0.422 e. The highest BCUT2D eigenvalue weighted by Crippen LogP contribution is 2.21. The number of amides is 1. The van der Waals surface area contributed by atoms with Gasteiger partial charge in [0.25, 0.3) is 5.91 Å². The zero-order valence-electron chi connectivity index (χ0n) is 19.3. The summed E-state index contributed by atoms with van der Waals surface area (Å²) >= 11 is 0. The van der Waals surface area contributed by atoms with E-state index in [0.29, 0.717) is 30.9 Å². The molecule has 4 aliphatic heterocycles. The number of rotatable bonds is 2. The Morgan fingerprint density at radius 2 is 1.64 bits per heavy atom. The summed E-state index contributed by atoms with van der Waals surface area (Å²) in [4.78, 5) is 24.5. The second-order valence-corrected chi connectivity index (χ2v) is 8.03. The van der Waals surface area contributed by atoms with Gasteiger partial charge in [-0.15, -0.1) is 0 Å². The van der Waals surface area contributed by atoms with Crippen molar-refractivity contribution in [2.45, 2.75) is 32.0 Å². The summed E-state index contributed by atoms with van der Waals surface area (Å²) in [5, 5.41) is 8.77. The molecule has 0 aliphatic carbocycles. The maximum absolute atomic E-state index is 12.7. The van der Waals surface area contributed by atoms with Crippen LogP contribution in [0.3, 0.4) is 0 Å². The van der Waals surface area contributed by atoms with E-state index in [1.165, 1.54) is 0 Å². The lowest BCUT2D eigenvalue weighted by molar-refractivity contribution is -0.154. The van der Waals surface area contributed by atoms with Gasteiger partial charge >= 0.3 is 12.2 Å². The smallest absolute Gasteiger partial charge is 0.422 e. The molecule has 12 heteroatoms. The van der Waals surface area contributed by atoms with Crippen LogP contribution >= 0.6 is 0 Å². The largest absolute Gasteiger partial charge is 0.494 e. The van der Waals surface area contributed by atoms with Crippen LogP contribution in [0.1, 0.15) is 35.2 Å². The van der Waals surface area contributed by atoms with Crippen LogP contribution in [-0.2, 0) is 6.54 Å². The predicted octanol–water partition coefficient (Wildman–Crippen LogP) is 4.46. The number of ether oxygens (including phenoxy) is 2. The fourth-order valence-corrected chi connectivity index (χ4v) is 3.32. The van der Waals surface area contributed by atoms with E-state index in [4.69, 9.17) is 9.47 Å². The summed E-state index contributed by atoms with van der Waals surface area (Å²) in [6.07, 6.45) is -1.93. The third-order valence-electron chi connectivity index (χ3n) is 5.13. The van der Waals surface area contributed by atoms with Gasteiger partial charge in [-0.1, -0.05) is 12.1 Å². The van der Waals surface area contributed by atoms with Gasteiger partial charge in [0.1, 0.15) is 5.75 Å². The van der Waals surface area contributed by atoms with Crippen LogP contribution in [0.15, 0.2) is 48.5 Å². The van der Waals surface area contributed by atoms with Gasteiger partial charge in [-0.3, -0.25) is 4.79 Å². The van der Waals surface area contributed by atoms with Crippen molar-refractivity contribution in [3.8, 4) is 11.8 Å². The summed E-state index contributed by atoms with van der Waals surface area (Å²) in [7, 11) is 0. The minimum Gasteiger partial charge on any atom is -0.494 e. The Hall–Kier alpha value is -4.09. The molecule has 2 aromatic carbocycles. The second-order valence-electron chi connectivity index (χ2n) is 8.03. The van der Waals surface area contributed by atoms with Crippen molar-refractivity contribution in [3.05, 3.63) is 59.7 Å². The number of anilines is 3. The molecule has 0 saturated carbocycles. The van der Waals surface area contributed by atoms with E-state index in [1.807, 2.05) is 24.3 Å². The first-order chi connectivity index (χ1) is 17.3. The number of alkyl halides is 3. The molecule has 7 rings (SSSR count). The third kappa shape index (κ3) is 7.72. The number of nitrogens with zero attached hydrogens (tertiary/aromatic N) is 3. The lowest BCUT2D eigenvalue weighted by Gasteiger charge is -2.13. The van der Waals surface area contributed by atoms with Gasteiger partial charge in [0.15, 0.2) is 6.61 Å². The van der Waals surface area contributed by atoms with Gasteiger partial charge in [0, 0.05) is 24.3 Å². The molecular formula is C24H25F3N6O3. The van der Waals surface area contributed by atoms with Crippen LogP contribution in [0.25, 0.3) is 0 Å². The van der Waals surface area contributed by atoms with Crippen molar-refractivity contribution >= 4 is 23.5 Å². The van der Waals surface area contributed by atoms with Gasteiger partial charge < -0.3 is 25.4 Å². The zero-order chi connectivity index (χ0) is 25.4. The molecule has 6 bridgehead atoms. The van der Waals surface area contributed by atoms with Crippen molar-refractivity contribution in [1.29, 1.82) is 0 Å². The highest BCUT2D eigenvalue weighted by molar-refractivity contribution is 5.94. The van der Waals surface area contributed by atoms with E-state index >= 15 is 0 Å². The van der Waals surface area contributed by atoms with Gasteiger partial charge in [0.05, 0.1) is 6.61 Å². The Kier molecular flexibility index (Phi) is 8.03. The van der Waals surface area contributed by atoms with Crippen molar-refractivity contribution in [1.82, 2.24) is 20.3 Å². The molecule has 0 atom stereocenters. The van der Waals surface area contributed by atoms with Gasteiger partial charge in [-0.2, -0.15) is 28.1 Å². The van der Waals surface area contributed by atoms with Crippen molar-refractivity contribution in [2.24, 2.45) is 0 Å². The van der Waals surface area contributed by atoms with Crippen LogP contribution in [-0.4, -0.2) is 46.8 Å². The molecule has 0 fully saturated rings. The molecule has 0 saturated heterocycles. The molecule has 3 N–H and O–H groups in total. The normalized spacial score (nSPS) is 14.9. The van der Waals surface area contributed by atoms with Crippen LogP contribution < -0.4 is 25.4 Å². The first-order valence-electron chi connectivity index (χ1n) is 11.4. The fraction of sp³-hybridized carbons (Fsp3) is 0.333. The minimum atomic E-state index is -4.55. The highest BCUT2D eigenvalue weighted by atomic mass is 19.4. The molecule has 9 nitrogen and oxygen atoms in total. The SMILES string of the molecule is O=C1NCCCCCOc2ccc(cc2)CNc2nc(nc(OCC(F)(F)F)n2)Nc2ccc1cc2. The summed E-state index contributed by atoms with van der Waals surface area (Å²) in [5.74, 6) is 0.539. The summed E-state index contributed by atoms with van der Waals surface area (Å²) in [6.45, 7) is -0.114. The molecule has 0 radical (unpaired) electrons. The summed E-state index contributed by atoms with van der Waals surface area (Å²) < 4.78 is 48.5. The number of benzene rings is 2. The predicted molar refractivity (Wildman–Crippen MR) is 127 cm³/mol. The van der Waals surface area contributed by atoms with Crippen LogP contribution in [0.5, 0.6) is 11.8 Å². The number of aromatic nitrogens is 3. The standard InChI is InChI=1S/C24H25F3N6O3/c25-24(26,27)15-36-23-32-21-29-14-16-4-10-19(11-5-16)35-13-3-1-2-12-28-20(34)17-6-8-18(9-7-17)30-22(31-21)33-23/h4-11H,1-3,12-15H2,(H,28,34)(H2,29,30,31,32,33). The number of nitrogens with one attached hydrogen (secondary N) is 3. The van der Waals surface area contributed by atoms with E-state index in [-0.39, 0.29) is 17.8 Å². The van der Waals surface area contributed by atoms with E-state index < -0.39 is 18.8 Å². The van der Waals surface area contributed by atoms with E-state index in [9.17, 15) is 18.0 Å². The lowest BCUT2D eigenvalue weighted by Crippen LogP contribution is -2.24. The molecular weight excluding hydrogens is 477 g/mol. The van der Waals surface area contributed by atoms with Gasteiger partial charge in [-0.05, 0) is 61.2 Å². The zero-order valence-corrected chi connectivity index (χ0v) is 19.3. The molecule has 0 unspecified atom stereocenters. The molecule has 1 amide bonds. The topological polar surface area (TPSA) is 110 Å². The number of carbonyl (C=O) groups excluding carboxylic acids is 1. The maximum atomic E-state index is 12.7. The van der Waals surface area contributed by atoms with Crippen LogP contribution in [0.4, 0.5) is 30.8 Å². The number of halogens is 3. The number of hydrogen-bond acceptors (Lipinski definition) is 8. The fourth-order valence-electron chi connectivity index (χ4n) is 3.32. The van der Waals surface area contributed by atoms with Crippen molar-refractivity contribution in [3.63, 3.8) is 0 Å². The molecule has 5 heterocycles. The first kappa shape index (κ1) is 25.0. The average molecular weight is 502 g/mol. The summed E-state index contributed by atoms with van der Waals surface area (Å²) in [5.41, 5.74) is 1.90.